The quantitative estimate of drug-likeness (QED) is 0.885. The van der Waals surface area contributed by atoms with E-state index in [0.29, 0.717) is 12.5 Å². The van der Waals surface area contributed by atoms with Crippen LogP contribution >= 0.6 is 0 Å². The zero-order valence-corrected chi connectivity index (χ0v) is 11.7. The summed E-state index contributed by atoms with van der Waals surface area (Å²) in [6, 6.07) is 3.80. The van der Waals surface area contributed by atoms with Crippen molar-refractivity contribution in [1.29, 1.82) is 0 Å². The number of primary amides is 1. The molecule has 20 heavy (non-hydrogen) atoms. The van der Waals surface area contributed by atoms with Gasteiger partial charge < -0.3 is 5.73 Å². The molecule has 4 atom stereocenters. The minimum atomic E-state index is -3.81. The summed E-state index contributed by atoms with van der Waals surface area (Å²) in [6.45, 7) is 2.30. The van der Waals surface area contributed by atoms with Crippen LogP contribution in [0.25, 0.3) is 0 Å². The highest BCUT2D eigenvalue weighted by Gasteiger charge is 2.63. The number of carbonyl (C=O) groups excluding carboxylic acids is 1. The molecule has 1 aliphatic heterocycles. The first-order valence-corrected chi connectivity index (χ1v) is 7.85. The van der Waals surface area contributed by atoms with E-state index < -0.39 is 27.8 Å². The molecule has 0 bridgehead atoms. The predicted octanol–water partition coefficient (Wildman–Crippen LogP) is 0.566. The van der Waals surface area contributed by atoms with Gasteiger partial charge in [0, 0.05) is 6.54 Å². The summed E-state index contributed by atoms with van der Waals surface area (Å²) >= 11 is 0. The third kappa shape index (κ3) is 1.84. The van der Waals surface area contributed by atoms with E-state index in [0.717, 1.165) is 16.4 Å². The monoisotopic (exact) mass is 298 g/mol. The molecule has 1 aromatic rings. The number of halogens is 1. The summed E-state index contributed by atoms with van der Waals surface area (Å²) in [6.07, 6.45) is 0. The lowest BCUT2D eigenvalue weighted by Crippen LogP contribution is -2.47. The van der Waals surface area contributed by atoms with Crippen LogP contribution in [0.5, 0.6) is 0 Å². The third-order valence-electron chi connectivity index (χ3n) is 4.41. The third-order valence-corrected chi connectivity index (χ3v) is 6.27. The van der Waals surface area contributed by atoms with Crippen molar-refractivity contribution in [3.63, 3.8) is 0 Å². The van der Waals surface area contributed by atoms with Crippen molar-refractivity contribution in [2.75, 3.05) is 6.54 Å². The molecule has 7 heteroatoms. The summed E-state index contributed by atoms with van der Waals surface area (Å²) in [5.41, 5.74) is 5.36. The van der Waals surface area contributed by atoms with Crippen molar-refractivity contribution in [1.82, 2.24) is 4.31 Å². The Balaban J connectivity index is 1.96. The smallest absolute Gasteiger partial charge is 0.243 e. The van der Waals surface area contributed by atoms with Crippen LogP contribution in [0.1, 0.15) is 6.92 Å². The number of rotatable bonds is 3. The van der Waals surface area contributed by atoms with Crippen LogP contribution in [0.4, 0.5) is 4.39 Å². The summed E-state index contributed by atoms with van der Waals surface area (Å²) in [5.74, 6) is -0.585. The molecular formula is C13H15FN2O3S. The normalized spacial score (nSPS) is 32.9. The van der Waals surface area contributed by atoms with Gasteiger partial charge in [-0.25, -0.2) is 12.8 Å². The second-order valence-electron chi connectivity index (χ2n) is 5.48. The molecule has 2 N–H and O–H groups in total. The highest BCUT2D eigenvalue weighted by Crippen LogP contribution is 2.56. The number of nitrogens with zero attached hydrogens (tertiary/aromatic N) is 1. The zero-order valence-electron chi connectivity index (χ0n) is 10.9. The lowest BCUT2D eigenvalue weighted by atomic mass is 10.1. The topological polar surface area (TPSA) is 80.5 Å². The van der Waals surface area contributed by atoms with E-state index in [1.165, 1.54) is 12.1 Å². The number of sulfonamides is 1. The SMILES string of the molecule is CC1C2CN(S(=O)(=O)c3ccc(F)cc3)C(C(N)=O)C12. The number of carbonyl (C=O) groups is 1. The van der Waals surface area contributed by atoms with E-state index >= 15 is 0 Å². The fourth-order valence-corrected chi connectivity index (χ4v) is 4.89. The minimum Gasteiger partial charge on any atom is -0.368 e. The molecule has 1 amide bonds. The van der Waals surface area contributed by atoms with Crippen LogP contribution in [0.2, 0.25) is 0 Å². The Bertz CT molecular complexity index is 659. The first-order chi connectivity index (χ1) is 9.34. The molecule has 1 aliphatic carbocycles. The maximum Gasteiger partial charge on any atom is 0.243 e. The van der Waals surface area contributed by atoms with Gasteiger partial charge in [0.1, 0.15) is 11.9 Å². The largest absolute Gasteiger partial charge is 0.368 e. The lowest BCUT2D eigenvalue weighted by Gasteiger charge is -2.25. The highest BCUT2D eigenvalue weighted by atomic mass is 32.2. The minimum absolute atomic E-state index is 0.0147. The fourth-order valence-electron chi connectivity index (χ4n) is 3.22. The zero-order chi connectivity index (χ0) is 14.7. The van der Waals surface area contributed by atoms with E-state index in [2.05, 4.69) is 0 Å². The molecule has 2 fully saturated rings. The Hall–Kier alpha value is -1.47. The van der Waals surface area contributed by atoms with Gasteiger partial charge in [0.25, 0.3) is 0 Å². The fraction of sp³-hybridized carbons (Fsp3) is 0.462. The number of hydrogen-bond donors (Lipinski definition) is 1. The second-order valence-corrected chi connectivity index (χ2v) is 7.37. The van der Waals surface area contributed by atoms with Crippen LogP contribution in [0, 0.1) is 23.6 Å². The first-order valence-electron chi connectivity index (χ1n) is 6.41. The average Bonchev–Trinajstić information content (AvgIpc) is 2.86. The standard InChI is InChI=1S/C13H15FN2O3S/c1-7-10-6-16(12(11(7)10)13(15)17)20(18,19)9-4-2-8(14)3-5-9/h2-5,7,10-12H,6H2,1H3,(H2,15,17). The molecule has 108 valence electrons. The molecule has 4 unspecified atom stereocenters. The Morgan fingerprint density at radius 1 is 1.35 bits per heavy atom. The average molecular weight is 298 g/mol. The summed E-state index contributed by atoms with van der Waals surface area (Å²) in [5, 5.41) is 0. The Morgan fingerprint density at radius 3 is 2.50 bits per heavy atom. The highest BCUT2D eigenvalue weighted by molar-refractivity contribution is 7.89. The van der Waals surface area contributed by atoms with Crippen LogP contribution in [0.3, 0.4) is 0 Å². The predicted molar refractivity (Wildman–Crippen MR) is 69.4 cm³/mol. The van der Waals surface area contributed by atoms with Crippen LogP contribution < -0.4 is 5.73 Å². The van der Waals surface area contributed by atoms with Crippen molar-refractivity contribution in [2.45, 2.75) is 17.9 Å². The van der Waals surface area contributed by atoms with Crippen LogP contribution in [-0.4, -0.2) is 31.2 Å². The van der Waals surface area contributed by atoms with Gasteiger partial charge in [-0.1, -0.05) is 6.92 Å². The summed E-state index contributed by atoms with van der Waals surface area (Å²) < 4.78 is 39.1. The van der Waals surface area contributed by atoms with Crippen molar-refractivity contribution < 1.29 is 17.6 Å². The maximum atomic E-state index is 12.9. The molecule has 2 aliphatic rings. The van der Waals surface area contributed by atoms with E-state index in [9.17, 15) is 17.6 Å². The van der Waals surface area contributed by atoms with Gasteiger partial charge in [-0.05, 0) is 42.0 Å². The van der Waals surface area contributed by atoms with E-state index in [-0.39, 0.29) is 16.7 Å². The molecule has 0 radical (unpaired) electrons. The van der Waals surface area contributed by atoms with E-state index in [1.54, 1.807) is 0 Å². The molecular weight excluding hydrogens is 283 g/mol. The summed E-state index contributed by atoms with van der Waals surface area (Å²) in [7, 11) is -3.81. The van der Waals surface area contributed by atoms with Gasteiger partial charge in [0.15, 0.2) is 0 Å². The van der Waals surface area contributed by atoms with Gasteiger partial charge in [-0.15, -0.1) is 0 Å². The van der Waals surface area contributed by atoms with Gasteiger partial charge in [-0.2, -0.15) is 4.31 Å². The number of amides is 1. The van der Waals surface area contributed by atoms with Gasteiger partial charge in [0.05, 0.1) is 4.90 Å². The van der Waals surface area contributed by atoms with Crippen LogP contribution in [-0.2, 0) is 14.8 Å². The van der Waals surface area contributed by atoms with Gasteiger partial charge >= 0.3 is 0 Å². The van der Waals surface area contributed by atoms with Crippen molar-refractivity contribution in [3.05, 3.63) is 30.1 Å². The molecule has 5 nitrogen and oxygen atoms in total. The number of hydrogen-bond acceptors (Lipinski definition) is 3. The van der Waals surface area contributed by atoms with Crippen molar-refractivity contribution in [3.8, 4) is 0 Å². The van der Waals surface area contributed by atoms with Crippen molar-refractivity contribution >= 4 is 15.9 Å². The van der Waals surface area contributed by atoms with Crippen molar-refractivity contribution in [2.24, 2.45) is 23.5 Å². The Kier molecular flexibility index (Phi) is 2.88. The second kappa shape index (κ2) is 4.26. The molecule has 1 saturated heterocycles. The molecule has 0 spiro atoms. The molecule has 1 heterocycles. The number of piperidine rings is 1. The number of benzene rings is 1. The lowest BCUT2D eigenvalue weighted by molar-refractivity contribution is -0.121. The Labute approximate surface area is 116 Å². The number of fused-ring (bicyclic) bond motifs is 1. The molecule has 1 saturated carbocycles. The van der Waals surface area contributed by atoms with Gasteiger partial charge in [-0.3, -0.25) is 4.79 Å². The van der Waals surface area contributed by atoms with E-state index in [4.69, 9.17) is 5.73 Å². The molecule has 1 aromatic carbocycles. The first kappa shape index (κ1) is 13.5. The Morgan fingerprint density at radius 2 is 1.95 bits per heavy atom. The van der Waals surface area contributed by atoms with Crippen LogP contribution in [0.15, 0.2) is 29.2 Å². The van der Waals surface area contributed by atoms with Gasteiger partial charge in [0.2, 0.25) is 15.9 Å². The summed E-state index contributed by atoms with van der Waals surface area (Å²) in [4.78, 5) is 11.6. The molecule has 3 rings (SSSR count). The number of nitrogens with two attached hydrogens (primary N) is 1. The molecule has 0 aromatic heterocycles. The maximum absolute atomic E-state index is 12.9. The van der Waals surface area contributed by atoms with E-state index in [1.807, 2.05) is 6.92 Å².